The van der Waals surface area contributed by atoms with Gasteiger partial charge in [-0.3, -0.25) is 4.79 Å². The zero-order valence-corrected chi connectivity index (χ0v) is 11.5. The molecule has 2 heterocycles. The maximum atomic E-state index is 12.5. The number of amides is 1. The van der Waals surface area contributed by atoms with E-state index in [1.54, 1.807) is 23.1 Å². The summed E-state index contributed by atoms with van der Waals surface area (Å²) in [5.74, 6) is 0.270. The highest BCUT2D eigenvalue weighted by Crippen LogP contribution is 2.24. The third kappa shape index (κ3) is 2.36. The van der Waals surface area contributed by atoms with Crippen molar-refractivity contribution < 1.29 is 13.9 Å². The van der Waals surface area contributed by atoms with Gasteiger partial charge in [-0.05, 0) is 37.1 Å². The second kappa shape index (κ2) is 5.17. The van der Waals surface area contributed by atoms with Gasteiger partial charge in [-0.25, -0.2) is 0 Å². The van der Waals surface area contributed by atoms with E-state index in [0.717, 1.165) is 18.2 Å². The number of hydrogen-bond acceptors (Lipinski definition) is 4. The first-order valence-corrected chi connectivity index (χ1v) is 6.79. The summed E-state index contributed by atoms with van der Waals surface area (Å²) < 4.78 is 10.9. The zero-order chi connectivity index (χ0) is 14.1. The van der Waals surface area contributed by atoms with Crippen molar-refractivity contribution in [3.8, 4) is 0 Å². The lowest BCUT2D eigenvalue weighted by molar-refractivity contribution is 0.0346. The number of nitrogens with two attached hydrogens (primary N) is 1. The number of anilines is 1. The van der Waals surface area contributed by atoms with Crippen LogP contribution >= 0.6 is 0 Å². The Hall–Kier alpha value is -2.01. The second-order valence-corrected chi connectivity index (χ2v) is 5.17. The number of nitrogen functional groups attached to an aromatic ring is 1. The first-order chi connectivity index (χ1) is 9.65. The molecule has 3 rings (SSSR count). The number of hydrogen-bond donors (Lipinski definition) is 1. The lowest BCUT2D eigenvalue weighted by atomic mass is 10.1. The van der Waals surface area contributed by atoms with Gasteiger partial charge in [-0.2, -0.15) is 0 Å². The van der Waals surface area contributed by atoms with Crippen molar-refractivity contribution in [3.05, 3.63) is 30.0 Å². The maximum Gasteiger partial charge on any atom is 0.289 e. The Balaban J connectivity index is 1.84. The third-order valence-corrected chi connectivity index (χ3v) is 3.81. The molecule has 0 unspecified atom stereocenters. The summed E-state index contributed by atoms with van der Waals surface area (Å²) in [4.78, 5) is 14.2. The van der Waals surface area contributed by atoms with E-state index in [1.807, 2.05) is 13.1 Å². The molecule has 1 aliphatic heterocycles. The third-order valence-electron chi connectivity index (χ3n) is 3.81. The molecule has 2 aromatic rings. The summed E-state index contributed by atoms with van der Waals surface area (Å²) in [5.41, 5.74) is 7.08. The van der Waals surface area contributed by atoms with Gasteiger partial charge < -0.3 is 19.8 Å². The summed E-state index contributed by atoms with van der Waals surface area (Å²) in [5, 5.41) is 0.855. The molecule has 2 N–H and O–H groups in total. The number of fused-ring (bicyclic) bond motifs is 1. The number of ether oxygens (including phenoxy) is 1. The lowest BCUT2D eigenvalue weighted by Crippen LogP contribution is -2.40. The molecule has 0 saturated carbocycles. The molecule has 1 amide bonds. The molecule has 0 bridgehead atoms. The summed E-state index contributed by atoms with van der Waals surface area (Å²) in [6.45, 7) is 1.41. The maximum absolute atomic E-state index is 12.5. The first-order valence-electron chi connectivity index (χ1n) is 6.79. The fourth-order valence-electron chi connectivity index (χ4n) is 2.58. The quantitative estimate of drug-likeness (QED) is 0.853. The van der Waals surface area contributed by atoms with Crippen LogP contribution in [0.1, 0.15) is 23.4 Å². The molecule has 5 nitrogen and oxygen atoms in total. The molecular formula is C15H18N2O3. The zero-order valence-electron chi connectivity index (χ0n) is 11.5. The summed E-state index contributed by atoms with van der Waals surface area (Å²) >= 11 is 0. The first kappa shape index (κ1) is 13.0. The molecule has 0 atom stereocenters. The monoisotopic (exact) mass is 274 g/mol. The molecular weight excluding hydrogens is 256 g/mol. The molecule has 1 aliphatic rings. The molecule has 0 aliphatic carbocycles. The van der Waals surface area contributed by atoms with Crippen LogP contribution in [0.15, 0.2) is 28.7 Å². The molecule has 5 heteroatoms. The average molecular weight is 274 g/mol. The summed E-state index contributed by atoms with van der Waals surface area (Å²) in [6, 6.07) is 7.33. The molecule has 1 saturated heterocycles. The normalized spacial score (nSPS) is 16.4. The molecule has 106 valence electrons. The highest BCUT2D eigenvalue weighted by molar-refractivity contribution is 5.96. The van der Waals surface area contributed by atoms with E-state index in [1.165, 1.54) is 0 Å². The number of carbonyl (C=O) groups is 1. The SMILES string of the molecule is CN(C(=O)c1cc2cc(N)ccc2o1)C1CCOCC1. The number of benzene rings is 1. The van der Waals surface area contributed by atoms with E-state index >= 15 is 0 Å². The van der Waals surface area contributed by atoms with Crippen LogP contribution in [0.5, 0.6) is 0 Å². The van der Waals surface area contributed by atoms with E-state index in [9.17, 15) is 4.79 Å². The van der Waals surface area contributed by atoms with Gasteiger partial charge in [0.15, 0.2) is 5.76 Å². The number of rotatable bonds is 2. The van der Waals surface area contributed by atoms with Crippen molar-refractivity contribution in [1.29, 1.82) is 0 Å². The lowest BCUT2D eigenvalue weighted by Gasteiger charge is -2.30. The Kier molecular flexibility index (Phi) is 3.36. The Morgan fingerprint density at radius 1 is 1.30 bits per heavy atom. The van der Waals surface area contributed by atoms with Crippen molar-refractivity contribution in [3.63, 3.8) is 0 Å². The fraction of sp³-hybridized carbons (Fsp3) is 0.400. The van der Waals surface area contributed by atoms with Crippen molar-refractivity contribution in [2.75, 3.05) is 26.0 Å². The second-order valence-electron chi connectivity index (χ2n) is 5.17. The fourth-order valence-corrected chi connectivity index (χ4v) is 2.58. The largest absolute Gasteiger partial charge is 0.451 e. The minimum atomic E-state index is -0.0910. The van der Waals surface area contributed by atoms with Crippen LogP contribution in [0.4, 0.5) is 5.69 Å². The van der Waals surface area contributed by atoms with Gasteiger partial charge in [-0.15, -0.1) is 0 Å². The topological polar surface area (TPSA) is 68.7 Å². The standard InChI is InChI=1S/C15H18N2O3/c1-17(12-4-6-19-7-5-12)15(18)14-9-10-8-11(16)2-3-13(10)20-14/h2-3,8-9,12H,4-7,16H2,1H3. The van der Waals surface area contributed by atoms with Crippen molar-refractivity contribution >= 4 is 22.6 Å². The van der Waals surface area contributed by atoms with Gasteiger partial charge in [0.05, 0.1) is 0 Å². The van der Waals surface area contributed by atoms with Crippen LogP contribution in [0.3, 0.4) is 0 Å². The van der Waals surface area contributed by atoms with Crippen LogP contribution in [0, 0.1) is 0 Å². The molecule has 0 radical (unpaired) electrons. The van der Waals surface area contributed by atoms with Crippen molar-refractivity contribution in [2.45, 2.75) is 18.9 Å². The number of carbonyl (C=O) groups excluding carboxylic acids is 1. The smallest absolute Gasteiger partial charge is 0.289 e. The van der Waals surface area contributed by atoms with Crippen LogP contribution in [0.2, 0.25) is 0 Å². The minimum absolute atomic E-state index is 0.0910. The van der Waals surface area contributed by atoms with E-state index in [-0.39, 0.29) is 11.9 Å². The van der Waals surface area contributed by atoms with Gasteiger partial charge in [0.25, 0.3) is 5.91 Å². The van der Waals surface area contributed by atoms with E-state index in [4.69, 9.17) is 14.9 Å². The summed E-state index contributed by atoms with van der Waals surface area (Å²) in [6.07, 6.45) is 1.74. The van der Waals surface area contributed by atoms with Gasteiger partial charge in [0, 0.05) is 37.4 Å². The predicted octanol–water partition coefficient (Wildman–Crippen LogP) is 2.27. The Morgan fingerprint density at radius 3 is 2.80 bits per heavy atom. The van der Waals surface area contributed by atoms with Gasteiger partial charge in [0.1, 0.15) is 5.58 Å². The molecule has 1 aromatic carbocycles. The number of nitrogens with zero attached hydrogens (tertiary/aromatic N) is 1. The summed E-state index contributed by atoms with van der Waals surface area (Å²) in [7, 11) is 1.82. The van der Waals surface area contributed by atoms with Gasteiger partial charge in [0.2, 0.25) is 0 Å². The molecule has 20 heavy (non-hydrogen) atoms. The molecule has 1 aromatic heterocycles. The average Bonchev–Trinajstić information content (AvgIpc) is 2.89. The predicted molar refractivity (Wildman–Crippen MR) is 76.6 cm³/mol. The molecule has 0 spiro atoms. The van der Waals surface area contributed by atoms with Gasteiger partial charge >= 0.3 is 0 Å². The van der Waals surface area contributed by atoms with E-state index in [0.29, 0.717) is 30.2 Å². The number of furan rings is 1. The highest BCUT2D eigenvalue weighted by atomic mass is 16.5. The van der Waals surface area contributed by atoms with E-state index < -0.39 is 0 Å². The van der Waals surface area contributed by atoms with E-state index in [2.05, 4.69) is 0 Å². The highest BCUT2D eigenvalue weighted by Gasteiger charge is 2.25. The van der Waals surface area contributed by atoms with Crippen LogP contribution in [-0.4, -0.2) is 37.1 Å². The Labute approximate surface area is 117 Å². The Morgan fingerprint density at radius 2 is 2.05 bits per heavy atom. The van der Waals surface area contributed by atoms with Gasteiger partial charge in [-0.1, -0.05) is 0 Å². The minimum Gasteiger partial charge on any atom is -0.451 e. The molecule has 1 fully saturated rings. The van der Waals surface area contributed by atoms with Crippen LogP contribution in [0.25, 0.3) is 11.0 Å². The van der Waals surface area contributed by atoms with Crippen LogP contribution in [-0.2, 0) is 4.74 Å². The Bertz CT molecular complexity index is 629. The van der Waals surface area contributed by atoms with Crippen LogP contribution < -0.4 is 5.73 Å². The van der Waals surface area contributed by atoms with Crippen molar-refractivity contribution in [1.82, 2.24) is 4.90 Å². The van der Waals surface area contributed by atoms with Crippen molar-refractivity contribution in [2.24, 2.45) is 0 Å².